The molecule has 0 saturated carbocycles. The Morgan fingerprint density at radius 3 is 2.52 bits per heavy atom. The standard InChI is InChI=1S/C26H27N5/c1-18-8-10-21(11-9-18)26-27-24(15-22-14-19(2)29-30-22)23-12-13-31(17-25(23)28-26)16-20-6-4-3-5-7-20/h3-11,14H,12-13,15-17H2,1-2H3,(H,29,30). The predicted octanol–water partition coefficient (Wildman–Crippen LogP) is 4.63. The predicted molar refractivity (Wildman–Crippen MR) is 123 cm³/mol. The Kier molecular flexibility index (Phi) is 5.35. The lowest BCUT2D eigenvalue weighted by Crippen LogP contribution is -2.32. The summed E-state index contributed by atoms with van der Waals surface area (Å²) in [5.41, 5.74) is 9.29. The molecule has 31 heavy (non-hydrogen) atoms. The maximum absolute atomic E-state index is 5.03. The number of hydrogen-bond acceptors (Lipinski definition) is 4. The van der Waals surface area contributed by atoms with Gasteiger partial charge in [0.05, 0.1) is 17.1 Å². The summed E-state index contributed by atoms with van der Waals surface area (Å²) < 4.78 is 0. The molecule has 5 heteroatoms. The topological polar surface area (TPSA) is 57.7 Å². The van der Waals surface area contributed by atoms with E-state index < -0.39 is 0 Å². The second kappa shape index (κ2) is 8.44. The van der Waals surface area contributed by atoms with Crippen LogP contribution >= 0.6 is 0 Å². The zero-order valence-corrected chi connectivity index (χ0v) is 18.1. The first-order valence-electron chi connectivity index (χ1n) is 10.9. The van der Waals surface area contributed by atoms with Crippen LogP contribution in [0.15, 0.2) is 60.7 Å². The van der Waals surface area contributed by atoms with E-state index in [-0.39, 0.29) is 0 Å². The van der Waals surface area contributed by atoms with Gasteiger partial charge in [0.2, 0.25) is 0 Å². The number of nitrogens with zero attached hydrogens (tertiary/aromatic N) is 4. The van der Waals surface area contributed by atoms with Crippen molar-refractivity contribution in [3.63, 3.8) is 0 Å². The Morgan fingerprint density at radius 2 is 1.77 bits per heavy atom. The average molecular weight is 410 g/mol. The highest BCUT2D eigenvalue weighted by atomic mass is 15.1. The van der Waals surface area contributed by atoms with Crippen LogP contribution in [0.3, 0.4) is 0 Å². The van der Waals surface area contributed by atoms with E-state index in [4.69, 9.17) is 9.97 Å². The number of aromatic amines is 1. The lowest BCUT2D eigenvalue weighted by atomic mass is 9.99. The van der Waals surface area contributed by atoms with Crippen molar-refractivity contribution in [2.24, 2.45) is 0 Å². The number of aromatic nitrogens is 4. The second-order valence-corrected chi connectivity index (χ2v) is 8.45. The van der Waals surface area contributed by atoms with Crippen LogP contribution in [0.4, 0.5) is 0 Å². The van der Waals surface area contributed by atoms with Gasteiger partial charge >= 0.3 is 0 Å². The summed E-state index contributed by atoms with van der Waals surface area (Å²) in [5.74, 6) is 0.808. The molecule has 2 aromatic carbocycles. The third-order valence-corrected chi connectivity index (χ3v) is 5.90. The molecule has 0 radical (unpaired) electrons. The fourth-order valence-electron chi connectivity index (χ4n) is 4.25. The molecule has 0 spiro atoms. The van der Waals surface area contributed by atoms with Crippen LogP contribution in [-0.2, 0) is 25.9 Å². The minimum Gasteiger partial charge on any atom is -0.293 e. The van der Waals surface area contributed by atoms with Crippen LogP contribution in [0.1, 0.15) is 39.5 Å². The van der Waals surface area contributed by atoms with Crippen molar-refractivity contribution in [3.05, 3.63) is 100 Å². The normalized spacial score (nSPS) is 13.9. The van der Waals surface area contributed by atoms with E-state index in [1.165, 1.54) is 16.7 Å². The number of hydrogen-bond donors (Lipinski definition) is 1. The van der Waals surface area contributed by atoms with Crippen molar-refractivity contribution in [2.45, 2.75) is 39.8 Å². The minimum atomic E-state index is 0.729. The molecule has 1 N–H and O–H groups in total. The van der Waals surface area contributed by atoms with Gasteiger partial charge in [0.15, 0.2) is 5.82 Å². The molecule has 5 nitrogen and oxygen atoms in total. The minimum absolute atomic E-state index is 0.729. The molecular weight excluding hydrogens is 382 g/mol. The van der Waals surface area contributed by atoms with Crippen molar-refractivity contribution in [3.8, 4) is 11.4 Å². The number of nitrogens with one attached hydrogen (secondary N) is 1. The molecule has 0 fully saturated rings. The highest BCUT2D eigenvalue weighted by Gasteiger charge is 2.23. The molecule has 156 valence electrons. The van der Waals surface area contributed by atoms with Gasteiger partial charge < -0.3 is 0 Å². The first kappa shape index (κ1) is 19.6. The van der Waals surface area contributed by atoms with Gasteiger partial charge in [-0.15, -0.1) is 0 Å². The first-order valence-corrected chi connectivity index (χ1v) is 10.9. The highest BCUT2D eigenvalue weighted by molar-refractivity contribution is 5.56. The van der Waals surface area contributed by atoms with E-state index in [1.54, 1.807) is 0 Å². The van der Waals surface area contributed by atoms with Gasteiger partial charge in [0.1, 0.15) is 0 Å². The highest BCUT2D eigenvalue weighted by Crippen LogP contribution is 2.26. The Morgan fingerprint density at radius 1 is 0.968 bits per heavy atom. The zero-order valence-electron chi connectivity index (χ0n) is 18.1. The van der Waals surface area contributed by atoms with Gasteiger partial charge in [-0.3, -0.25) is 10.00 Å². The van der Waals surface area contributed by atoms with Gasteiger partial charge in [-0.05, 0) is 37.5 Å². The molecule has 4 aromatic rings. The monoisotopic (exact) mass is 409 g/mol. The van der Waals surface area contributed by atoms with E-state index in [2.05, 4.69) is 82.7 Å². The maximum Gasteiger partial charge on any atom is 0.159 e. The number of aryl methyl sites for hydroxylation is 2. The van der Waals surface area contributed by atoms with Crippen molar-refractivity contribution in [1.82, 2.24) is 25.1 Å². The summed E-state index contributed by atoms with van der Waals surface area (Å²) in [5, 5.41) is 7.50. The third-order valence-electron chi connectivity index (χ3n) is 5.90. The average Bonchev–Trinajstić information content (AvgIpc) is 3.19. The van der Waals surface area contributed by atoms with Gasteiger partial charge in [-0.25, -0.2) is 9.97 Å². The van der Waals surface area contributed by atoms with Gasteiger partial charge in [0.25, 0.3) is 0 Å². The fourth-order valence-corrected chi connectivity index (χ4v) is 4.25. The number of H-pyrrole nitrogens is 1. The Hall–Kier alpha value is -3.31. The molecule has 3 heterocycles. The van der Waals surface area contributed by atoms with Crippen molar-refractivity contribution >= 4 is 0 Å². The third kappa shape index (κ3) is 4.42. The number of fused-ring (bicyclic) bond motifs is 1. The molecule has 1 aliphatic rings. The van der Waals surface area contributed by atoms with Crippen molar-refractivity contribution in [2.75, 3.05) is 6.54 Å². The molecule has 0 atom stereocenters. The molecule has 0 amide bonds. The SMILES string of the molecule is Cc1ccc(-c2nc(Cc3cc(C)[nH]n3)c3c(n2)CN(Cc2ccccc2)CC3)cc1. The largest absolute Gasteiger partial charge is 0.293 e. The van der Waals surface area contributed by atoms with E-state index >= 15 is 0 Å². The van der Waals surface area contributed by atoms with Crippen molar-refractivity contribution in [1.29, 1.82) is 0 Å². The van der Waals surface area contributed by atoms with E-state index in [9.17, 15) is 0 Å². The van der Waals surface area contributed by atoms with Crippen LogP contribution in [0.25, 0.3) is 11.4 Å². The molecular formula is C26H27N5. The van der Waals surface area contributed by atoms with Crippen LogP contribution in [0.2, 0.25) is 0 Å². The molecule has 0 saturated heterocycles. The summed E-state index contributed by atoms with van der Waals surface area (Å²) in [6, 6.07) is 21.2. The Bertz CT molecular complexity index is 1180. The van der Waals surface area contributed by atoms with E-state index in [0.717, 1.165) is 66.6 Å². The quantitative estimate of drug-likeness (QED) is 0.522. The summed E-state index contributed by atoms with van der Waals surface area (Å²) in [6.07, 6.45) is 1.70. The second-order valence-electron chi connectivity index (χ2n) is 8.45. The van der Waals surface area contributed by atoms with Crippen LogP contribution in [-0.4, -0.2) is 31.6 Å². The molecule has 0 aliphatic carbocycles. The van der Waals surface area contributed by atoms with Crippen LogP contribution < -0.4 is 0 Å². The molecule has 1 aliphatic heterocycles. The lowest BCUT2D eigenvalue weighted by Gasteiger charge is -2.29. The summed E-state index contributed by atoms with van der Waals surface area (Å²) in [7, 11) is 0. The van der Waals surface area contributed by atoms with Gasteiger partial charge in [-0.1, -0.05) is 60.2 Å². The molecule has 2 aromatic heterocycles. The van der Waals surface area contributed by atoms with E-state index in [0.29, 0.717) is 0 Å². The van der Waals surface area contributed by atoms with Crippen molar-refractivity contribution < 1.29 is 0 Å². The summed E-state index contributed by atoms with van der Waals surface area (Å²) in [4.78, 5) is 12.5. The van der Waals surface area contributed by atoms with Crippen LogP contribution in [0.5, 0.6) is 0 Å². The van der Waals surface area contributed by atoms with Gasteiger partial charge in [0, 0.05) is 37.3 Å². The molecule has 0 unspecified atom stereocenters. The summed E-state index contributed by atoms with van der Waals surface area (Å²) in [6.45, 7) is 6.94. The van der Waals surface area contributed by atoms with Crippen LogP contribution in [0, 0.1) is 13.8 Å². The summed E-state index contributed by atoms with van der Waals surface area (Å²) >= 11 is 0. The number of rotatable bonds is 5. The Balaban J connectivity index is 1.50. The maximum atomic E-state index is 5.03. The number of benzene rings is 2. The first-order chi connectivity index (χ1) is 15.1. The zero-order chi connectivity index (χ0) is 21.2. The molecule has 0 bridgehead atoms. The lowest BCUT2D eigenvalue weighted by molar-refractivity contribution is 0.240. The van der Waals surface area contributed by atoms with Gasteiger partial charge in [-0.2, -0.15) is 5.10 Å². The van der Waals surface area contributed by atoms with E-state index in [1.807, 2.05) is 6.92 Å². The fraction of sp³-hybridized carbons (Fsp3) is 0.269. The molecule has 5 rings (SSSR count). The smallest absolute Gasteiger partial charge is 0.159 e. The Labute approximate surface area is 183 Å².